The zero-order valence-electron chi connectivity index (χ0n) is 22.0. The van der Waals surface area contributed by atoms with E-state index in [2.05, 4.69) is 20.8 Å². The summed E-state index contributed by atoms with van der Waals surface area (Å²) in [7, 11) is 1.38. The quantitative estimate of drug-likeness (QED) is 0.263. The van der Waals surface area contributed by atoms with Crippen molar-refractivity contribution in [2.75, 3.05) is 7.11 Å². The molecular weight excluding hydrogens is 460 g/mol. The van der Waals surface area contributed by atoms with E-state index in [0.717, 1.165) is 40.8 Å². The lowest BCUT2D eigenvalue weighted by molar-refractivity contribution is -0.0173. The van der Waals surface area contributed by atoms with Crippen molar-refractivity contribution in [1.82, 2.24) is 0 Å². The van der Waals surface area contributed by atoms with Crippen molar-refractivity contribution in [1.29, 1.82) is 0 Å². The number of carbonyl (C=O) groups excluding carboxylic acids is 2. The minimum Gasteiger partial charge on any atom is -0.465 e. The Balaban J connectivity index is 1.67. The maximum absolute atomic E-state index is 13.9. The average molecular weight is 495 g/mol. The predicted molar refractivity (Wildman–Crippen MR) is 149 cm³/mol. The molecule has 0 unspecified atom stereocenters. The van der Waals surface area contributed by atoms with E-state index < -0.39 is 5.97 Å². The molecular formula is C33H34O4. The molecule has 5 rings (SSSR count). The molecule has 4 nitrogen and oxygen atoms in total. The second-order valence-corrected chi connectivity index (χ2v) is 10.8. The summed E-state index contributed by atoms with van der Waals surface area (Å²) in [4.78, 5) is 26.8. The third-order valence-electron chi connectivity index (χ3n) is 7.91. The molecule has 190 valence electrons. The highest BCUT2D eigenvalue weighted by molar-refractivity contribution is 6.09. The van der Waals surface area contributed by atoms with Gasteiger partial charge in [-0.2, -0.15) is 0 Å². The van der Waals surface area contributed by atoms with Gasteiger partial charge in [-0.1, -0.05) is 75.7 Å². The molecule has 3 atom stereocenters. The van der Waals surface area contributed by atoms with Crippen molar-refractivity contribution >= 4 is 33.5 Å². The Kier molecular flexibility index (Phi) is 7.01. The summed E-state index contributed by atoms with van der Waals surface area (Å²) in [5, 5.41) is 3.87. The highest BCUT2D eigenvalue weighted by Crippen LogP contribution is 2.38. The van der Waals surface area contributed by atoms with E-state index in [9.17, 15) is 9.59 Å². The van der Waals surface area contributed by atoms with Gasteiger partial charge in [-0.25, -0.2) is 9.59 Å². The smallest absolute Gasteiger partial charge is 0.339 e. The van der Waals surface area contributed by atoms with Crippen LogP contribution in [0.15, 0.2) is 72.8 Å². The van der Waals surface area contributed by atoms with Gasteiger partial charge in [0.2, 0.25) is 0 Å². The first-order valence-electron chi connectivity index (χ1n) is 13.2. The summed E-state index contributed by atoms with van der Waals surface area (Å²) >= 11 is 0. The number of benzene rings is 4. The number of hydrogen-bond donors (Lipinski definition) is 0. The fraction of sp³-hybridized carbons (Fsp3) is 0.333. The number of fused-ring (bicyclic) bond motifs is 2. The number of methoxy groups -OCH3 is 1. The number of esters is 2. The van der Waals surface area contributed by atoms with E-state index in [1.165, 1.54) is 7.11 Å². The molecule has 37 heavy (non-hydrogen) atoms. The summed E-state index contributed by atoms with van der Waals surface area (Å²) in [6.45, 7) is 6.65. The summed E-state index contributed by atoms with van der Waals surface area (Å²) in [5.74, 6) is 0.530. The van der Waals surface area contributed by atoms with E-state index in [1.807, 2.05) is 72.8 Å². The van der Waals surface area contributed by atoms with Gasteiger partial charge in [-0.3, -0.25) is 0 Å². The van der Waals surface area contributed by atoms with E-state index in [0.29, 0.717) is 40.0 Å². The number of ether oxygens (including phenoxy) is 2. The monoisotopic (exact) mass is 494 g/mol. The highest BCUT2D eigenvalue weighted by Gasteiger charge is 2.34. The van der Waals surface area contributed by atoms with Crippen LogP contribution >= 0.6 is 0 Å². The molecule has 1 saturated carbocycles. The van der Waals surface area contributed by atoms with Crippen LogP contribution in [-0.2, 0) is 9.47 Å². The van der Waals surface area contributed by atoms with Crippen LogP contribution in [0.25, 0.3) is 32.7 Å². The van der Waals surface area contributed by atoms with Gasteiger partial charge >= 0.3 is 11.9 Å². The van der Waals surface area contributed by atoms with Crippen molar-refractivity contribution in [2.45, 2.75) is 46.1 Å². The number of carbonyl (C=O) groups is 2. The van der Waals surface area contributed by atoms with E-state index in [-0.39, 0.29) is 12.1 Å². The fourth-order valence-corrected chi connectivity index (χ4v) is 5.83. The second-order valence-electron chi connectivity index (χ2n) is 10.8. The lowest BCUT2D eigenvalue weighted by Crippen LogP contribution is -2.36. The fourth-order valence-electron chi connectivity index (χ4n) is 5.83. The third kappa shape index (κ3) is 4.98. The molecule has 4 aromatic carbocycles. The van der Waals surface area contributed by atoms with Gasteiger partial charge in [0, 0.05) is 0 Å². The van der Waals surface area contributed by atoms with Crippen LogP contribution in [0.3, 0.4) is 0 Å². The Morgan fingerprint density at radius 1 is 0.757 bits per heavy atom. The van der Waals surface area contributed by atoms with Gasteiger partial charge in [-0.15, -0.1) is 0 Å². The van der Waals surface area contributed by atoms with Crippen LogP contribution in [0.1, 0.15) is 60.7 Å². The largest absolute Gasteiger partial charge is 0.465 e. The minimum atomic E-state index is -0.436. The lowest BCUT2D eigenvalue weighted by Gasteiger charge is -2.36. The Morgan fingerprint density at radius 3 is 1.73 bits per heavy atom. The van der Waals surface area contributed by atoms with Crippen molar-refractivity contribution in [2.24, 2.45) is 17.8 Å². The Hall–Kier alpha value is -3.66. The van der Waals surface area contributed by atoms with Crippen molar-refractivity contribution in [3.05, 3.63) is 83.9 Å². The summed E-state index contributed by atoms with van der Waals surface area (Å²) in [6.07, 6.45) is 2.99. The van der Waals surface area contributed by atoms with Crippen LogP contribution < -0.4 is 0 Å². The molecule has 0 saturated heterocycles. The molecule has 0 heterocycles. The number of hydrogen-bond acceptors (Lipinski definition) is 4. The molecule has 0 aliphatic heterocycles. The minimum absolute atomic E-state index is 0.118. The Bertz CT molecular complexity index is 1470. The normalized spacial score (nSPS) is 19.8. The van der Waals surface area contributed by atoms with Crippen LogP contribution in [0, 0.1) is 17.8 Å². The molecule has 4 heteroatoms. The predicted octanol–water partition coefficient (Wildman–Crippen LogP) is 8.06. The van der Waals surface area contributed by atoms with Crippen LogP contribution in [0.4, 0.5) is 0 Å². The lowest BCUT2D eigenvalue weighted by atomic mass is 9.75. The molecule has 0 amide bonds. The zero-order chi connectivity index (χ0) is 26.1. The number of rotatable bonds is 5. The van der Waals surface area contributed by atoms with Gasteiger partial charge in [0.1, 0.15) is 6.10 Å². The summed E-state index contributed by atoms with van der Waals surface area (Å²) < 4.78 is 11.4. The van der Waals surface area contributed by atoms with Gasteiger partial charge in [0.15, 0.2) is 0 Å². The first kappa shape index (κ1) is 25.0. The third-order valence-corrected chi connectivity index (χ3v) is 7.91. The van der Waals surface area contributed by atoms with Gasteiger partial charge in [0.25, 0.3) is 0 Å². The van der Waals surface area contributed by atoms with Crippen molar-refractivity contribution in [3.63, 3.8) is 0 Å². The topological polar surface area (TPSA) is 52.6 Å². The highest BCUT2D eigenvalue weighted by atomic mass is 16.5. The molecule has 4 aromatic rings. The second kappa shape index (κ2) is 10.4. The maximum Gasteiger partial charge on any atom is 0.339 e. The Labute approximate surface area is 218 Å². The molecule has 0 radical (unpaired) electrons. The molecule has 1 aliphatic rings. The molecule has 1 fully saturated rings. The molecule has 0 spiro atoms. The Morgan fingerprint density at radius 2 is 1.24 bits per heavy atom. The van der Waals surface area contributed by atoms with E-state index in [1.54, 1.807) is 0 Å². The first-order valence-corrected chi connectivity index (χ1v) is 13.2. The van der Waals surface area contributed by atoms with Gasteiger partial charge < -0.3 is 9.47 Å². The summed E-state index contributed by atoms with van der Waals surface area (Å²) in [5.41, 5.74) is 2.25. The van der Waals surface area contributed by atoms with Crippen LogP contribution in [-0.4, -0.2) is 25.2 Å². The van der Waals surface area contributed by atoms with Crippen LogP contribution in [0.5, 0.6) is 0 Å². The van der Waals surface area contributed by atoms with Gasteiger partial charge in [0.05, 0.1) is 18.2 Å². The van der Waals surface area contributed by atoms with Gasteiger partial charge in [-0.05, 0) is 87.5 Å². The van der Waals surface area contributed by atoms with E-state index >= 15 is 0 Å². The standard InChI is InChI=1S/C33H34O4/c1-20(2)26-14-13-21(3)15-31(26)37-33(35)30-19-25-12-8-6-10-23(25)17-28(30)27-16-22-9-5-7-11-24(22)18-29(27)32(34)36-4/h5-12,16-21,26,31H,13-15H2,1-4H3/t21-,26+,31-/m0/s1. The van der Waals surface area contributed by atoms with Crippen molar-refractivity contribution < 1.29 is 19.1 Å². The summed E-state index contributed by atoms with van der Waals surface area (Å²) in [6, 6.07) is 23.6. The molecule has 1 aliphatic carbocycles. The molecule has 0 aromatic heterocycles. The van der Waals surface area contributed by atoms with Crippen molar-refractivity contribution in [3.8, 4) is 11.1 Å². The molecule has 0 bridgehead atoms. The van der Waals surface area contributed by atoms with Crippen LogP contribution in [0.2, 0.25) is 0 Å². The van der Waals surface area contributed by atoms with E-state index in [4.69, 9.17) is 9.47 Å². The first-order chi connectivity index (χ1) is 17.9. The molecule has 0 N–H and O–H groups in total. The zero-order valence-corrected chi connectivity index (χ0v) is 22.0. The average Bonchev–Trinajstić information content (AvgIpc) is 2.91. The maximum atomic E-state index is 13.9. The SMILES string of the molecule is COC(=O)c1cc2ccccc2cc1-c1cc2ccccc2cc1C(=O)O[C@H]1C[C@@H](C)CC[C@@H]1C(C)C.